The van der Waals surface area contributed by atoms with Gasteiger partial charge in [0.15, 0.2) is 0 Å². The number of halogens is 2. The maximum absolute atomic E-state index is 13.9. The number of rotatable bonds is 6. The van der Waals surface area contributed by atoms with Crippen molar-refractivity contribution in [3.63, 3.8) is 0 Å². The predicted molar refractivity (Wildman–Crippen MR) is 126 cm³/mol. The van der Waals surface area contributed by atoms with Crippen molar-refractivity contribution in [2.45, 2.75) is 41.9 Å². The number of nitrogens with zero attached hydrogens (tertiary/aromatic N) is 1. The molecule has 32 heavy (non-hydrogen) atoms. The highest BCUT2D eigenvalue weighted by Gasteiger charge is 2.45. The monoisotopic (exact) mass is 468 g/mol. The van der Waals surface area contributed by atoms with Crippen molar-refractivity contribution in [1.82, 2.24) is 5.32 Å². The summed E-state index contributed by atoms with van der Waals surface area (Å²) in [5.41, 5.74) is 4.25. The van der Waals surface area contributed by atoms with Crippen LogP contribution in [0.3, 0.4) is 0 Å². The van der Waals surface area contributed by atoms with Gasteiger partial charge in [0.2, 0.25) is 0 Å². The molecule has 5 rings (SSSR count). The zero-order valence-corrected chi connectivity index (χ0v) is 19.2. The van der Waals surface area contributed by atoms with Crippen molar-refractivity contribution in [2.24, 2.45) is 10.9 Å². The van der Waals surface area contributed by atoms with Crippen LogP contribution in [0.2, 0.25) is 0 Å². The fourth-order valence-corrected chi connectivity index (χ4v) is 5.76. The molecule has 0 saturated heterocycles. The summed E-state index contributed by atoms with van der Waals surface area (Å²) in [6.07, 6.45) is 0.839. The van der Waals surface area contributed by atoms with Gasteiger partial charge in [0.25, 0.3) is 11.8 Å². The number of hydrogen-bond acceptors (Lipinski definition) is 4. The van der Waals surface area contributed by atoms with Gasteiger partial charge in [-0.1, -0.05) is 30.0 Å². The number of aliphatic imine (C=N–C) groups is 1. The maximum Gasteiger partial charge on any atom is 0.252 e. The van der Waals surface area contributed by atoms with Gasteiger partial charge in [0.05, 0.1) is 16.3 Å². The number of alkyl halides is 2. The summed E-state index contributed by atoms with van der Waals surface area (Å²) in [5, 5.41) is 4.70. The Morgan fingerprint density at radius 3 is 2.72 bits per heavy atom. The Kier molecular flexibility index (Phi) is 5.63. The molecular weight excluding hydrogens is 446 g/mol. The number of carbonyl (C=O) groups is 1. The molecule has 1 saturated carbocycles. The van der Waals surface area contributed by atoms with E-state index in [2.05, 4.69) is 35.8 Å². The summed E-state index contributed by atoms with van der Waals surface area (Å²) in [7, 11) is 0. The minimum Gasteiger partial charge on any atom is -0.352 e. The summed E-state index contributed by atoms with van der Waals surface area (Å²) < 4.78 is 27.8. The van der Waals surface area contributed by atoms with Crippen molar-refractivity contribution < 1.29 is 13.6 Å². The molecule has 0 bridgehead atoms. The molecule has 0 radical (unpaired) electrons. The third-order valence-corrected chi connectivity index (χ3v) is 7.98. The van der Waals surface area contributed by atoms with Crippen LogP contribution in [0.1, 0.15) is 45.6 Å². The fraction of sp³-hybridized carbons (Fsp3) is 0.280. The van der Waals surface area contributed by atoms with Crippen LogP contribution >= 0.6 is 23.1 Å². The van der Waals surface area contributed by atoms with E-state index >= 15 is 0 Å². The predicted octanol–water partition coefficient (Wildman–Crippen LogP) is 6.86. The van der Waals surface area contributed by atoms with Crippen LogP contribution in [0.25, 0.3) is 0 Å². The van der Waals surface area contributed by atoms with Gasteiger partial charge in [0.1, 0.15) is 0 Å². The third kappa shape index (κ3) is 4.24. The highest BCUT2D eigenvalue weighted by molar-refractivity contribution is 7.99. The molecule has 164 valence electrons. The van der Waals surface area contributed by atoms with E-state index in [0.717, 1.165) is 31.5 Å². The van der Waals surface area contributed by atoms with Crippen molar-refractivity contribution in [3.05, 3.63) is 75.5 Å². The number of hydrogen-bond donors (Lipinski definition) is 1. The molecule has 7 heteroatoms. The number of fused-ring (bicyclic) bond motifs is 2. The Bertz CT molecular complexity index is 1210. The van der Waals surface area contributed by atoms with E-state index in [0.29, 0.717) is 24.1 Å². The largest absolute Gasteiger partial charge is 0.352 e. The number of nitrogens with one attached hydrogen (secondary N) is 1. The molecule has 3 aromatic rings. The summed E-state index contributed by atoms with van der Waals surface area (Å²) in [6, 6.07) is 15.6. The second kappa shape index (κ2) is 8.45. The van der Waals surface area contributed by atoms with Gasteiger partial charge in [-0.3, -0.25) is 4.79 Å². The summed E-state index contributed by atoms with van der Waals surface area (Å²) in [5.74, 6) is -3.56. The molecular formula is C25H22F2N2OS2. The number of carbonyl (C=O) groups excluding carboxylic acids is 1. The topological polar surface area (TPSA) is 41.5 Å². The van der Waals surface area contributed by atoms with E-state index in [1.165, 1.54) is 0 Å². The second-order valence-corrected chi connectivity index (χ2v) is 10.2. The zero-order chi connectivity index (χ0) is 22.3. The lowest BCUT2D eigenvalue weighted by Crippen LogP contribution is -2.30. The van der Waals surface area contributed by atoms with Crippen LogP contribution in [-0.4, -0.2) is 24.1 Å². The van der Waals surface area contributed by atoms with E-state index in [-0.39, 0.29) is 18.9 Å². The first-order chi connectivity index (χ1) is 15.4. The van der Waals surface area contributed by atoms with Crippen molar-refractivity contribution in [3.8, 4) is 0 Å². The van der Waals surface area contributed by atoms with E-state index in [1.807, 2.05) is 18.2 Å². The molecule has 0 atom stereocenters. The Hall–Kier alpha value is -2.51. The minimum absolute atomic E-state index is 0.0392. The standard InChI is InChI=1S/C25H22F2N2OS2/c1-15-10-13-31-23(15)22-18-4-2-3-5-20(18)32-21-9-6-16(14-19(21)29-22)24(30)28-12-11-25(26,27)17-7-8-17/h2-6,9-10,13-14,17H,7-8,11-12H2,1H3,(H,28,30). The first kappa shape index (κ1) is 21.3. The van der Waals surface area contributed by atoms with Crippen LogP contribution in [0.4, 0.5) is 14.5 Å². The van der Waals surface area contributed by atoms with Crippen LogP contribution in [0.5, 0.6) is 0 Å². The smallest absolute Gasteiger partial charge is 0.252 e. The van der Waals surface area contributed by atoms with Gasteiger partial charge in [-0.25, -0.2) is 13.8 Å². The lowest BCUT2D eigenvalue weighted by molar-refractivity contribution is -0.0294. The highest BCUT2D eigenvalue weighted by Crippen LogP contribution is 2.45. The molecule has 1 aromatic heterocycles. The van der Waals surface area contributed by atoms with Crippen molar-refractivity contribution in [1.29, 1.82) is 0 Å². The molecule has 3 nitrogen and oxygen atoms in total. The maximum atomic E-state index is 13.9. The number of benzene rings is 2. The Morgan fingerprint density at radius 1 is 1.16 bits per heavy atom. The van der Waals surface area contributed by atoms with E-state index < -0.39 is 11.8 Å². The molecule has 1 fully saturated rings. The van der Waals surface area contributed by atoms with Crippen LogP contribution < -0.4 is 5.32 Å². The molecule has 2 heterocycles. The molecule has 2 aromatic carbocycles. The number of thiophene rings is 1. The SMILES string of the molecule is Cc1ccsc1C1=Nc2cc(C(=O)NCCC(F)(F)C3CC3)ccc2Sc2ccccc21. The highest BCUT2D eigenvalue weighted by atomic mass is 32.2. The molecule has 0 unspecified atom stereocenters. The fourth-order valence-electron chi connectivity index (χ4n) is 3.83. The van der Waals surface area contributed by atoms with Gasteiger partial charge >= 0.3 is 0 Å². The van der Waals surface area contributed by atoms with Gasteiger partial charge in [-0.2, -0.15) is 0 Å². The first-order valence-corrected chi connectivity index (χ1v) is 12.3. The van der Waals surface area contributed by atoms with E-state index in [4.69, 9.17) is 4.99 Å². The van der Waals surface area contributed by atoms with Gasteiger partial charge in [0, 0.05) is 39.8 Å². The summed E-state index contributed by atoms with van der Waals surface area (Å²) in [6.45, 7) is 2.03. The second-order valence-electron chi connectivity index (χ2n) is 8.22. The lowest BCUT2D eigenvalue weighted by atomic mass is 10.1. The Balaban J connectivity index is 1.43. The van der Waals surface area contributed by atoms with Gasteiger partial charge < -0.3 is 5.32 Å². The molecule has 1 amide bonds. The van der Waals surface area contributed by atoms with E-state index in [9.17, 15) is 13.6 Å². The lowest BCUT2D eigenvalue weighted by Gasteiger charge is -2.15. The van der Waals surface area contributed by atoms with Crippen LogP contribution in [-0.2, 0) is 0 Å². The third-order valence-electron chi connectivity index (χ3n) is 5.81. The Labute approximate surface area is 194 Å². The molecule has 1 aliphatic heterocycles. The normalized spacial score (nSPS) is 15.4. The molecule has 2 aliphatic rings. The van der Waals surface area contributed by atoms with E-state index in [1.54, 1.807) is 35.2 Å². The van der Waals surface area contributed by atoms with Crippen molar-refractivity contribution in [2.75, 3.05) is 6.54 Å². The van der Waals surface area contributed by atoms with Gasteiger partial charge in [-0.05, 0) is 61.0 Å². The summed E-state index contributed by atoms with van der Waals surface area (Å²) >= 11 is 3.27. The van der Waals surface area contributed by atoms with Gasteiger partial charge in [-0.15, -0.1) is 11.3 Å². The molecule has 1 N–H and O–H groups in total. The quantitative estimate of drug-likeness (QED) is 0.336. The number of aryl methyl sites for hydroxylation is 1. The minimum atomic E-state index is -2.69. The van der Waals surface area contributed by atoms with Crippen molar-refractivity contribution >= 4 is 40.4 Å². The van der Waals surface area contributed by atoms with Crippen LogP contribution in [0.15, 0.2) is 68.7 Å². The number of amides is 1. The average molecular weight is 469 g/mol. The first-order valence-electron chi connectivity index (χ1n) is 10.6. The van der Waals surface area contributed by atoms with Crippen LogP contribution in [0, 0.1) is 12.8 Å². The average Bonchev–Trinajstić information content (AvgIpc) is 3.58. The zero-order valence-electron chi connectivity index (χ0n) is 17.5. The molecule has 1 aliphatic carbocycles. The Morgan fingerprint density at radius 2 is 1.97 bits per heavy atom. The summed E-state index contributed by atoms with van der Waals surface area (Å²) in [4.78, 5) is 20.8. The molecule has 0 spiro atoms.